The van der Waals surface area contributed by atoms with Crippen LogP contribution in [0.3, 0.4) is 0 Å². The summed E-state index contributed by atoms with van der Waals surface area (Å²) in [6.45, 7) is 2.33. The molecule has 2 heteroatoms. The largest absolute Gasteiger partial charge is 0.328 e. The average molecular weight is 143 g/mol. The number of nitrogens with two attached hydrogens (primary N) is 1. The van der Waals surface area contributed by atoms with Gasteiger partial charge in [0.25, 0.3) is 0 Å². The second kappa shape index (κ2) is 1.67. The molecule has 1 aliphatic heterocycles. The third-order valence-corrected chi connectivity index (χ3v) is 4.56. The van der Waals surface area contributed by atoms with Gasteiger partial charge in [0.1, 0.15) is 0 Å². The summed E-state index contributed by atoms with van der Waals surface area (Å²) in [5, 5.41) is 0.900. The highest BCUT2D eigenvalue weighted by Crippen LogP contribution is 2.57. The van der Waals surface area contributed by atoms with Crippen molar-refractivity contribution in [3.8, 4) is 0 Å². The zero-order valence-electron chi connectivity index (χ0n) is 5.76. The van der Waals surface area contributed by atoms with Crippen LogP contribution in [-0.2, 0) is 0 Å². The normalized spacial score (nSPS) is 56.7. The van der Waals surface area contributed by atoms with Gasteiger partial charge in [-0.1, -0.05) is 6.92 Å². The van der Waals surface area contributed by atoms with Crippen LogP contribution in [0, 0.1) is 5.41 Å². The molecule has 0 aromatic heterocycles. The molecule has 1 nitrogen and oxygen atoms in total. The highest BCUT2D eigenvalue weighted by Gasteiger charge is 2.52. The number of thioether (sulfide) groups is 1. The summed E-state index contributed by atoms with van der Waals surface area (Å²) in [6.07, 6.45) is 2.59. The molecular weight excluding hydrogens is 130 g/mol. The van der Waals surface area contributed by atoms with E-state index in [1.165, 1.54) is 18.6 Å². The minimum atomic E-state index is 0.536. The summed E-state index contributed by atoms with van der Waals surface area (Å²) >= 11 is 2.09. The smallest absolute Gasteiger partial charge is 0.00844 e. The SMILES string of the molecule is CC1SCC12CC(N)C2. The Morgan fingerprint density at radius 2 is 2.22 bits per heavy atom. The van der Waals surface area contributed by atoms with E-state index in [4.69, 9.17) is 5.73 Å². The Labute approximate surface area is 60.4 Å². The number of hydrogen-bond donors (Lipinski definition) is 1. The van der Waals surface area contributed by atoms with Crippen LogP contribution in [0.1, 0.15) is 19.8 Å². The lowest BCUT2D eigenvalue weighted by molar-refractivity contribution is 0.119. The molecule has 0 aromatic carbocycles. The first-order valence-electron chi connectivity index (χ1n) is 3.60. The summed E-state index contributed by atoms with van der Waals surface area (Å²) in [5.41, 5.74) is 6.43. The molecule has 1 saturated heterocycles. The van der Waals surface area contributed by atoms with Crippen molar-refractivity contribution in [1.82, 2.24) is 0 Å². The van der Waals surface area contributed by atoms with E-state index in [2.05, 4.69) is 18.7 Å². The van der Waals surface area contributed by atoms with Gasteiger partial charge in [0, 0.05) is 17.0 Å². The lowest BCUT2D eigenvalue weighted by Gasteiger charge is -2.57. The van der Waals surface area contributed by atoms with E-state index in [1.807, 2.05) is 0 Å². The van der Waals surface area contributed by atoms with Gasteiger partial charge < -0.3 is 5.73 Å². The summed E-state index contributed by atoms with van der Waals surface area (Å²) in [7, 11) is 0. The lowest BCUT2D eigenvalue weighted by Crippen LogP contribution is -2.57. The predicted molar refractivity (Wildman–Crippen MR) is 41.6 cm³/mol. The molecule has 0 aromatic rings. The van der Waals surface area contributed by atoms with E-state index >= 15 is 0 Å². The monoisotopic (exact) mass is 143 g/mol. The summed E-state index contributed by atoms with van der Waals surface area (Å²) in [5.74, 6) is 1.38. The lowest BCUT2D eigenvalue weighted by atomic mass is 9.64. The van der Waals surface area contributed by atoms with E-state index < -0.39 is 0 Å². The van der Waals surface area contributed by atoms with Crippen molar-refractivity contribution in [2.75, 3.05) is 5.75 Å². The summed E-state index contributed by atoms with van der Waals surface area (Å²) < 4.78 is 0. The number of rotatable bonds is 0. The van der Waals surface area contributed by atoms with Crippen LogP contribution in [0.15, 0.2) is 0 Å². The molecule has 1 heterocycles. The highest BCUT2D eigenvalue weighted by molar-refractivity contribution is 8.01. The Hall–Kier alpha value is 0.310. The molecule has 2 fully saturated rings. The van der Waals surface area contributed by atoms with Crippen molar-refractivity contribution in [3.63, 3.8) is 0 Å². The molecule has 1 aliphatic carbocycles. The standard InChI is InChI=1S/C7H13NS/c1-5-7(4-9-5)2-6(8)3-7/h5-6H,2-4,8H2,1H3. The molecular formula is C7H13NS. The van der Waals surface area contributed by atoms with Gasteiger partial charge in [-0.25, -0.2) is 0 Å². The van der Waals surface area contributed by atoms with Gasteiger partial charge in [0.15, 0.2) is 0 Å². The molecule has 2 rings (SSSR count). The van der Waals surface area contributed by atoms with Crippen molar-refractivity contribution in [2.24, 2.45) is 11.1 Å². The zero-order chi connectivity index (χ0) is 6.48. The van der Waals surface area contributed by atoms with E-state index in [9.17, 15) is 0 Å². The molecule has 1 atom stereocenters. The molecule has 1 saturated carbocycles. The van der Waals surface area contributed by atoms with Crippen LogP contribution < -0.4 is 5.73 Å². The quantitative estimate of drug-likeness (QED) is 0.552. The summed E-state index contributed by atoms with van der Waals surface area (Å²) in [4.78, 5) is 0. The van der Waals surface area contributed by atoms with Crippen LogP contribution in [-0.4, -0.2) is 17.0 Å². The van der Waals surface area contributed by atoms with E-state index in [0.29, 0.717) is 11.5 Å². The van der Waals surface area contributed by atoms with Gasteiger partial charge in [-0.2, -0.15) is 11.8 Å². The van der Waals surface area contributed by atoms with Gasteiger partial charge in [-0.05, 0) is 18.3 Å². The fourth-order valence-electron chi connectivity index (χ4n) is 1.92. The highest BCUT2D eigenvalue weighted by atomic mass is 32.2. The Morgan fingerprint density at radius 1 is 1.56 bits per heavy atom. The van der Waals surface area contributed by atoms with Gasteiger partial charge in [0.05, 0.1) is 0 Å². The maximum absolute atomic E-state index is 5.72. The van der Waals surface area contributed by atoms with Crippen LogP contribution >= 0.6 is 11.8 Å². The van der Waals surface area contributed by atoms with Crippen molar-refractivity contribution >= 4 is 11.8 Å². The minimum Gasteiger partial charge on any atom is -0.328 e. The zero-order valence-corrected chi connectivity index (χ0v) is 6.58. The van der Waals surface area contributed by atoms with E-state index in [-0.39, 0.29) is 0 Å². The Morgan fingerprint density at radius 3 is 2.33 bits per heavy atom. The molecule has 2 N–H and O–H groups in total. The maximum Gasteiger partial charge on any atom is 0.00844 e. The van der Waals surface area contributed by atoms with Gasteiger partial charge in [-0.3, -0.25) is 0 Å². The summed E-state index contributed by atoms with van der Waals surface area (Å²) in [6, 6.07) is 0.536. The first-order valence-corrected chi connectivity index (χ1v) is 4.65. The molecule has 0 bridgehead atoms. The first kappa shape index (κ1) is 6.05. The van der Waals surface area contributed by atoms with E-state index in [0.717, 1.165) is 5.25 Å². The Bertz CT molecular complexity index is 129. The molecule has 0 amide bonds. The fourth-order valence-corrected chi connectivity index (χ4v) is 3.32. The fraction of sp³-hybridized carbons (Fsp3) is 1.00. The predicted octanol–water partition coefficient (Wildman–Crippen LogP) is 1.23. The van der Waals surface area contributed by atoms with Gasteiger partial charge in [0.2, 0.25) is 0 Å². The number of hydrogen-bond acceptors (Lipinski definition) is 2. The van der Waals surface area contributed by atoms with Crippen molar-refractivity contribution in [2.45, 2.75) is 31.1 Å². The maximum atomic E-state index is 5.72. The topological polar surface area (TPSA) is 26.0 Å². The third-order valence-electron chi connectivity index (χ3n) is 2.82. The second-order valence-electron chi connectivity index (χ2n) is 3.48. The first-order chi connectivity index (χ1) is 4.23. The minimum absolute atomic E-state index is 0.536. The average Bonchev–Trinajstić information content (AvgIpc) is 1.77. The van der Waals surface area contributed by atoms with E-state index in [1.54, 1.807) is 0 Å². The third kappa shape index (κ3) is 0.665. The van der Waals surface area contributed by atoms with Gasteiger partial charge >= 0.3 is 0 Å². The second-order valence-corrected chi connectivity index (χ2v) is 4.81. The molecule has 1 spiro atoms. The molecule has 9 heavy (non-hydrogen) atoms. The van der Waals surface area contributed by atoms with Crippen molar-refractivity contribution in [1.29, 1.82) is 0 Å². The van der Waals surface area contributed by atoms with Crippen LogP contribution in [0.4, 0.5) is 0 Å². The van der Waals surface area contributed by atoms with Crippen LogP contribution in [0.5, 0.6) is 0 Å². The molecule has 52 valence electrons. The Kier molecular flexibility index (Phi) is 1.12. The molecule has 0 radical (unpaired) electrons. The molecule has 1 unspecified atom stereocenters. The Balaban J connectivity index is 1.97. The molecule has 2 aliphatic rings. The van der Waals surface area contributed by atoms with Crippen LogP contribution in [0.25, 0.3) is 0 Å². The van der Waals surface area contributed by atoms with Gasteiger partial charge in [-0.15, -0.1) is 0 Å². The van der Waals surface area contributed by atoms with Crippen molar-refractivity contribution in [3.05, 3.63) is 0 Å². The van der Waals surface area contributed by atoms with Crippen LogP contribution in [0.2, 0.25) is 0 Å². The van der Waals surface area contributed by atoms with Crippen molar-refractivity contribution < 1.29 is 0 Å².